The van der Waals surface area contributed by atoms with E-state index >= 15 is 0 Å². The molecule has 0 spiro atoms. The molecule has 0 aromatic rings. The minimum Gasteiger partial charge on any atom is -0.200 e. The number of rotatable bonds is 10. The third kappa shape index (κ3) is 3.96. The first-order valence-electron chi connectivity index (χ1n) is 7.34. The van der Waals surface area contributed by atoms with Crippen LogP contribution in [0.3, 0.4) is 0 Å². The molecule has 0 saturated carbocycles. The molecule has 0 aromatic heterocycles. The van der Waals surface area contributed by atoms with Crippen LogP contribution in [0.4, 0.5) is 92.2 Å². The Morgan fingerprint density at radius 3 is 0.735 bits per heavy atom. The molecule has 0 bridgehead atoms. The fraction of sp³-hybridized carbons (Fsp3) is 1.00. The highest BCUT2D eigenvalue weighted by atomic mass is 79.9. The molecule has 0 aromatic carbocycles. The predicted molar refractivity (Wildman–Crippen MR) is 69.0 cm³/mol. The molecule has 0 aliphatic carbocycles. The molecule has 0 radical (unpaired) electrons. The third-order valence-electron chi connectivity index (χ3n) is 3.98. The smallest absolute Gasteiger partial charge is 0.200 e. The summed E-state index contributed by atoms with van der Waals surface area (Å²) in [5, 5.41) is -1.50. The molecular formula is C12H4BrF21. The van der Waals surface area contributed by atoms with Gasteiger partial charge in [0.15, 0.2) is 0 Å². The number of hydrogen-bond acceptors (Lipinski definition) is 0. The van der Waals surface area contributed by atoms with Crippen molar-refractivity contribution in [1.82, 2.24) is 0 Å². The molecule has 0 saturated heterocycles. The van der Waals surface area contributed by atoms with Gasteiger partial charge in [0.1, 0.15) is 0 Å². The summed E-state index contributed by atoms with van der Waals surface area (Å²) >= 11 is 1.89. The van der Waals surface area contributed by atoms with Crippen LogP contribution in [-0.4, -0.2) is 64.8 Å². The van der Waals surface area contributed by atoms with Gasteiger partial charge in [-0.05, 0) is 0 Å². The molecule has 34 heavy (non-hydrogen) atoms. The zero-order valence-corrected chi connectivity index (χ0v) is 16.3. The summed E-state index contributed by atoms with van der Waals surface area (Å²) in [6.07, 6.45) is -10.6. The minimum atomic E-state index is -9.13. The van der Waals surface area contributed by atoms with Crippen LogP contribution in [0, 0.1) is 0 Å². The van der Waals surface area contributed by atoms with Gasteiger partial charge in [-0.25, -0.2) is 0 Å². The van der Waals surface area contributed by atoms with Crippen molar-refractivity contribution < 1.29 is 92.2 Å². The van der Waals surface area contributed by atoms with E-state index < -0.39 is 71.2 Å². The first-order chi connectivity index (χ1) is 14.3. The van der Waals surface area contributed by atoms with Gasteiger partial charge in [0, 0.05) is 11.8 Å². The van der Waals surface area contributed by atoms with E-state index in [0.29, 0.717) is 0 Å². The summed E-state index contributed by atoms with van der Waals surface area (Å²) in [5.41, 5.74) is 0. The largest absolute Gasteiger partial charge is 0.460 e. The van der Waals surface area contributed by atoms with E-state index in [1.165, 1.54) is 0 Å². The summed E-state index contributed by atoms with van der Waals surface area (Å²) in [4.78, 5) is 0. The second kappa shape index (κ2) is 8.27. The summed E-state index contributed by atoms with van der Waals surface area (Å²) in [7, 11) is 0. The summed E-state index contributed by atoms with van der Waals surface area (Å²) in [6.45, 7) is 0. The summed E-state index contributed by atoms with van der Waals surface area (Å²) < 4.78 is 273. The first-order valence-corrected chi connectivity index (χ1v) is 8.46. The molecule has 0 unspecified atom stereocenters. The molecule has 0 rings (SSSR count). The highest BCUT2D eigenvalue weighted by molar-refractivity contribution is 9.09. The van der Waals surface area contributed by atoms with E-state index in [2.05, 4.69) is 0 Å². The third-order valence-corrected chi connectivity index (χ3v) is 4.38. The van der Waals surface area contributed by atoms with E-state index in [9.17, 15) is 92.2 Å². The van der Waals surface area contributed by atoms with Crippen LogP contribution in [-0.2, 0) is 0 Å². The highest BCUT2D eigenvalue weighted by Crippen LogP contribution is 2.66. The van der Waals surface area contributed by atoms with E-state index in [-0.39, 0.29) is 0 Å². The lowest BCUT2D eigenvalue weighted by molar-refractivity contribution is -0.474. The number of hydrogen-bond donors (Lipinski definition) is 0. The van der Waals surface area contributed by atoms with Crippen LogP contribution >= 0.6 is 15.9 Å². The van der Waals surface area contributed by atoms with Gasteiger partial charge in [0.2, 0.25) is 0 Å². The lowest BCUT2D eigenvalue weighted by Crippen LogP contribution is -2.76. The molecule has 206 valence electrons. The normalized spacial score (nSPS) is 16.8. The Morgan fingerprint density at radius 1 is 0.324 bits per heavy atom. The van der Waals surface area contributed by atoms with Crippen molar-refractivity contribution in [3.05, 3.63) is 0 Å². The molecule has 0 nitrogen and oxygen atoms in total. The summed E-state index contributed by atoms with van der Waals surface area (Å²) in [5.74, 6) is -76.3. The molecular weight excluding hydrogens is 623 g/mol. The van der Waals surface area contributed by atoms with Crippen LogP contribution in [0.2, 0.25) is 0 Å². The number of alkyl halides is 22. The van der Waals surface area contributed by atoms with Gasteiger partial charge in [-0.2, -0.15) is 92.2 Å². The van der Waals surface area contributed by atoms with Crippen molar-refractivity contribution in [2.45, 2.75) is 65.9 Å². The van der Waals surface area contributed by atoms with Crippen molar-refractivity contribution >= 4 is 15.9 Å². The maximum atomic E-state index is 13.4. The average Bonchev–Trinajstić information content (AvgIpc) is 2.59. The second-order valence-electron chi connectivity index (χ2n) is 6.24. The van der Waals surface area contributed by atoms with Gasteiger partial charge in [0.05, 0.1) is 0 Å². The number of halogens is 22. The van der Waals surface area contributed by atoms with Crippen molar-refractivity contribution in [3.8, 4) is 0 Å². The molecule has 0 heterocycles. The van der Waals surface area contributed by atoms with E-state index in [1.807, 2.05) is 15.9 Å². The molecule has 0 amide bonds. The lowest BCUT2D eigenvalue weighted by Gasteiger charge is -2.44. The summed E-state index contributed by atoms with van der Waals surface area (Å²) in [6, 6.07) is 0. The van der Waals surface area contributed by atoms with Gasteiger partial charge in [-0.1, -0.05) is 15.9 Å². The zero-order chi connectivity index (χ0) is 28.4. The van der Waals surface area contributed by atoms with E-state index in [0.717, 1.165) is 0 Å². The van der Waals surface area contributed by atoms with Gasteiger partial charge in [-0.15, -0.1) is 0 Å². The fourth-order valence-corrected chi connectivity index (χ4v) is 2.36. The Balaban J connectivity index is 7.01. The van der Waals surface area contributed by atoms with Crippen LogP contribution < -0.4 is 0 Å². The Labute approximate surface area is 180 Å². The van der Waals surface area contributed by atoms with Gasteiger partial charge in [0.25, 0.3) is 0 Å². The standard InChI is InChI=1S/C12H4BrF21/c13-2-1-3(14,15)4(16,17)5(18,19)6(20,21)7(22,23)8(24,25)9(26,27)10(28,29)11(30,31)12(32,33)34/h1-2H2. The zero-order valence-electron chi connectivity index (χ0n) is 14.7. The van der Waals surface area contributed by atoms with Crippen molar-refractivity contribution in [1.29, 1.82) is 0 Å². The van der Waals surface area contributed by atoms with Gasteiger partial charge >= 0.3 is 59.5 Å². The molecule has 0 aliphatic heterocycles. The van der Waals surface area contributed by atoms with E-state index in [4.69, 9.17) is 0 Å². The maximum Gasteiger partial charge on any atom is 0.460 e. The minimum absolute atomic E-state index is 1.50. The van der Waals surface area contributed by atoms with Crippen molar-refractivity contribution in [3.63, 3.8) is 0 Å². The first kappa shape index (κ1) is 33.0. The van der Waals surface area contributed by atoms with Crippen LogP contribution in [0.15, 0.2) is 0 Å². The highest BCUT2D eigenvalue weighted by Gasteiger charge is 2.97. The molecule has 0 aliphatic rings. The van der Waals surface area contributed by atoms with Crippen molar-refractivity contribution in [2.24, 2.45) is 0 Å². The van der Waals surface area contributed by atoms with Crippen molar-refractivity contribution in [2.75, 3.05) is 5.33 Å². The predicted octanol–water partition coefficient (Wildman–Crippen LogP) is 8.05. The van der Waals surface area contributed by atoms with E-state index in [1.54, 1.807) is 0 Å². The Hall–Kier alpha value is -0.990. The fourth-order valence-electron chi connectivity index (χ4n) is 1.87. The Bertz CT molecular complexity index is 731. The molecule has 0 N–H and O–H groups in total. The second-order valence-corrected chi connectivity index (χ2v) is 7.03. The topological polar surface area (TPSA) is 0 Å². The Kier molecular flexibility index (Phi) is 8.03. The molecule has 22 heteroatoms. The monoisotopic (exact) mass is 626 g/mol. The van der Waals surface area contributed by atoms with Crippen LogP contribution in [0.5, 0.6) is 0 Å². The van der Waals surface area contributed by atoms with Crippen LogP contribution in [0.1, 0.15) is 6.42 Å². The van der Waals surface area contributed by atoms with Gasteiger partial charge < -0.3 is 0 Å². The molecule has 0 fully saturated rings. The lowest BCUT2D eigenvalue weighted by atomic mass is 9.86. The maximum absolute atomic E-state index is 13.4. The SMILES string of the molecule is FC(F)(F)C(F)(F)C(F)(F)C(F)(F)C(F)(F)C(F)(F)C(F)(F)C(F)(F)C(F)(F)C(F)(F)CCBr. The quantitative estimate of drug-likeness (QED) is 0.170. The Morgan fingerprint density at radius 2 is 0.529 bits per heavy atom. The van der Waals surface area contributed by atoms with Gasteiger partial charge in [-0.3, -0.25) is 0 Å². The van der Waals surface area contributed by atoms with Crippen LogP contribution in [0.25, 0.3) is 0 Å². The average molecular weight is 627 g/mol. The molecule has 0 atom stereocenters.